The first kappa shape index (κ1) is 19.3. The van der Waals surface area contributed by atoms with Gasteiger partial charge in [-0.1, -0.05) is 48.3 Å². The zero-order valence-corrected chi connectivity index (χ0v) is 15.6. The number of methoxy groups -OCH3 is 1. The summed E-state index contributed by atoms with van der Waals surface area (Å²) in [7, 11) is 1.33. The van der Waals surface area contributed by atoms with Crippen LogP contribution in [-0.2, 0) is 16.1 Å². The van der Waals surface area contributed by atoms with Crippen molar-refractivity contribution in [1.29, 1.82) is 0 Å². The molecule has 0 N–H and O–H groups in total. The number of benzene rings is 2. The normalized spacial score (nSPS) is 11.7. The minimum absolute atomic E-state index is 0.202. The molecule has 0 bridgehead atoms. The molecule has 4 nitrogen and oxygen atoms in total. The summed E-state index contributed by atoms with van der Waals surface area (Å²) in [5.74, 6) is -1.02. The highest BCUT2D eigenvalue weighted by Gasteiger charge is 2.23. The molecular weight excluding hydrogens is 361 g/mol. The Kier molecular flexibility index (Phi) is 6.85. The molecule has 132 valence electrons. The van der Waals surface area contributed by atoms with Crippen LogP contribution in [0.2, 0.25) is 10.0 Å². The number of ether oxygens (including phenoxy) is 1. The van der Waals surface area contributed by atoms with Crippen molar-refractivity contribution in [3.63, 3.8) is 0 Å². The Bertz CT molecular complexity index is 747. The van der Waals surface area contributed by atoms with E-state index in [-0.39, 0.29) is 18.4 Å². The minimum atomic E-state index is -0.455. The van der Waals surface area contributed by atoms with Gasteiger partial charge in [-0.2, -0.15) is 0 Å². The maximum absolute atomic E-state index is 12.9. The summed E-state index contributed by atoms with van der Waals surface area (Å²) >= 11 is 12.1. The topological polar surface area (TPSA) is 46.6 Å². The lowest BCUT2D eigenvalue weighted by atomic mass is 10.1. The fourth-order valence-electron chi connectivity index (χ4n) is 2.43. The molecule has 0 saturated heterocycles. The van der Waals surface area contributed by atoms with E-state index < -0.39 is 5.92 Å². The molecule has 1 amide bonds. The zero-order chi connectivity index (χ0) is 18.4. The summed E-state index contributed by atoms with van der Waals surface area (Å²) in [5.41, 5.74) is 1.30. The molecule has 0 aliphatic carbocycles. The van der Waals surface area contributed by atoms with Crippen molar-refractivity contribution >= 4 is 35.1 Å². The third-order valence-electron chi connectivity index (χ3n) is 3.80. The van der Waals surface area contributed by atoms with Crippen molar-refractivity contribution in [2.45, 2.75) is 13.5 Å². The number of hydrogen-bond donors (Lipinski definition) is 0. The van der Waals surface area contributed by atoms with Crippen LogP contribution in [0.3, 0.4) is 0 Å². The van der Waals surface area contributed by atoms with Crippen LogP contribution in [0.4, 0.5) is 0 Å². The standard InChI is InChI=1S/C19H19Cl2NO3/c1-13(19(24)25-2)11-22(12-15-5-3-4-6-17(15)21)18(23)14-7-9-16(20)10-8-14/h3-10,13H,11-12H2,1-2H3. The van der Waals surface area contributed by atoms with Crippen LogP contribution in [0.5, 0.6) is 0 Å². The van der Waals surface area contributed by atoms with Crippen molar-refractivity contribution in [3.8, 4) is 0 Å². The highest BCUT2D eigenvalue weighted by Crippen LogP contribution is 2.20. The summed E-state index contributed by atoms with van der Waals surface area (Å²) < 4.78 is 4.77. The van der Waals surface area contributed by atoms with Gasteiger partial charge >= 0.3 is 5.97 Å². The van der Waals surface area contributed by atoms with Crippen LogP contribution in [0.15, 0.2) is 48.5 Å². The van der Waals surface area contributed by atoms with Crippen LogP contribution >= 0.6 is 23.2 Å². The third-order valence-corrected chi connectivity index (χ3v) is 4.42. The quantitative estimate of drug-likeness (QED) is 0.696. The Hall–Kier alpha value is -2.04. The number of rotatable bonds is 6. The van der Waals surface area contributed by atoms with E-state index in [9.17, 15) is 9.59 Å². The molecule has 2 rings (SSSR count). The van der Waals surface area contributed by atoms with Crippen LogP contribution in [0, 0.1) is 5.92 Å². The molecule has 1 atom stereocenters. The molecule has 1 unspecified atom stereocenters. The molecule has 0 aromatic heterocycles. The van der Waals surface area contributed by atoms with Crippen LogP contribution in [0.1, 0.15) is 22.8 Å². The van der Waals surface area contributed by atoms with Gasteiger partial charge in [0.1, 0.15) is 0 Å². The molecule has 0 fully saturated rings. The van der Waals surface area contributed by atoms with Gasteiger partial charge in [0.05, 0.1) is 13.0 Å². The van der Waals surface area contributed by atoms with E-state index in [1.54, 1.807) is 42.2 Å². The zero-order valence-electron chi connectivity index (χ0n) is 14.0. The fourth-order valence-corrected chi connectivity index (χ4v) is 2.75. The number of nitrogens with zero attached hydrogens (tertiary/aromatic N) is 1. The molecule has 0 saturated carbocycles. The van der Waals surface area contributed by atoms with Gasteiger partial charge in [0.15, 0.2) is 0 Å². The number of halogens is 2. The number of carbonyl (C=O) groups excluding carboxylic acids is 2. The number of esters is 1. The molecule has 0 heterocycles. The predicted octanol–water partition coefficient (Wildman–Crippen LogP) is 4.44. The Morgan fingerprint density at radius 3 is 2.32 bits per heavy atom. The van der Waals surface area contributed by atoms with E-state index in [2.05, 4.69) is 0 Å². The number of amides is 1. The lowest BCUT2D eigenvalue weighted by Crippen LogP contribution is -2.37. The third kappa shape index (κ3) is 5.21. The summed E-state index contributed by atoms with van der Waals surface area (Å²) in [5, 5.41) is 1.12. The Morgan fingerprint density at radius 2 is 1.72 bits per heavy atom. The Morgan fingerprint density at radius 1 is 1.08 bits per heavy atom. The predicted molar refractivity (Wildman–Crippen MR) is 98.8 cm³/mol. The van der Waals surface area contributed by atoms with E-state index in [1.165, 1.54) is 7.11 Å². The first-order valence-electron chi connectivity index (χ1n) is 7.78. The van der Waals surface area contributed by atoms with Gasteiger partial charge in [0, 0.05) is 28.7 Å². The largest absolute Gasteiger partial charge is 0.469 e. The SMILES string of the molecule is COC(=O)C(C)CN(Cc1ccccc1Cl)C(=O)c1ccc(Cl)cc1. The van der Waals surface area contributed by atoms with Crippen LogP contribution in [-0.4, -0.2) is 30.4 Å². The van der Waals surface area contributed by atoms with Crippen molar-refractivity contribution in [2.75, 3.05) is 13.7 Å². The van der Waals surface area contributed by atoms with Gasteiger partial charge in [-0.15, -0.1) is 0 Å². The molecule has 0 spiro atoms. The van der Waals surface area contributed by atoms with Gasteiger partial charge in [-0.25, -0.2) is 0 Å². The summed E-state index contributed by atoms with van der Waals surface area (Å²) in [6, 6.07) is 13.9. The van der Waals surface area contributed by atoms with Crippen LogP contribution < -0.4 is 0 Å². The molecular formula is C19H19Cl2NO3. The van der Waals surface area contributed by atoms with Gasteiger partial charge < -0.3 is 9.64 Å². The monoisotopic (exact) mass is 379 g/mol. The van der Waals surface area contributed by atoms with E-state index >= 15 is 0 Å². The Balaban J connectivity index is 2.27. The number of hydrogen-bond acceptors (Lipinski definition) is 3. The molecule has 2 aromatic rings. The van der Waals surface area contributed by atoms with E-state index in [4.69, 9.17) is 27.9 Å². The lowest BCUT2D eigenvalue weighted by molar-refractivity contribution is -0.145. The first-order chi connectivity index (χ1) is 11.9. The van der Waals surface area contributed by atoms with Crippen LogP contribution in [0.25, 0.3) is 0 Å². The molecule has 0 aliphatic heterocycles. The van der Waals surface area contributed by atoms with Crippen molar-refractivity contribution in [3.05, 3.63) is 69.7 Å². The van der Waals surface area contributed by atoms with E-state index in [0.29, 0.717) is 22.2 Å². The summed E-state index contributed by atoms with van der Waals surface area (Å²) in [6.45, 7) is 2.24. The van der Waals surface area contributed by atoms with Crippen molar-refractivity contribution in [2.24, 2.45) is 5.92 Å². The lowest BCUT2D eigenvalue weighted by Gasteiger charge is -2.26. The molecule has 2 aromatic carbocycles. The minimum Gasteiger partial charge on any atom is -0.469 e. The first-order valence-corrected chi connectivity index (χ1v) is 8.54. The molecule has 6 heteroatoms. The average Bonchev–Trinajstić information content (AvgIpc) is 2.62. The molecule has 25 heavy (non-hydrogen) atoms. The van der Waals surface area contributed by atoms with Gasteiger partial charge in [0.2, 0.25) is 0 Å². The van der Waals surface area contributed by atoms with Crippen molar-refractivity contribution < 1.29 is 14.3 Å². The van der Waals surface area contributed by atoms with Gasteiger partial charge in [-0.3, -0.25) is 9.59 Å². The second kappa shape index (κ2) is 8.88. The van der Waals surface area contributed by atoms with E-state index in [1.807, 2.05) is 18.2 Å². The van der Waals surface area contributed by atoms with Crippen molar-refractivity contribution in [1.82, 2.24) is 4.90 Å². The second-order valence-electron chi connectivity index (χ2n) is 5.71. The average molecular weight is 380 g/mol. The smallest absolute Gasteiger partial charge is 0.310 e. The van der Waals surface area contributed by atoms with Gasteiger partial charge in [-0.05, 0) is 35.9 Å². The maximum Gasteiger partial charge on any atom is 0.310 e. The Labute approximate surface area is 157 Å². The maximum atomic E-state index is 12.9. The highest BCUT2D eigenvalue weighted by molar-refractivity contribution is 6.31. The fraction of sp³-hybridized carbons (Fsp3) is 0.263. The van der Waals surface area contributed by atoms with E-state index in [0.717, 1.165) is 5.56 Å². The van der Waals surface area contributed by atoms with Gasteiger partial charge in [0.25, 0.3) is 5.91 Å². The summed E-state index contributed by atoms with van der Waals surface area (Å²) in [4.78, 5) is 26.3. The summed E-state index contributed by atoms with van der Waals surface area (Å²) in [6.07, 6.45) is 0. The number of carbonyl (C=O) groups is 2. The molecule has 0 radical (unpaired) electrons. The highest BCUT2D eigenvalue weighted by atomic mass is 35.5. The second-order valence-corrected chi connectivity index (χ2v) is 6.55. The molecule has 0 aliphatic rings.